The maximum absolute atomic E-state index is 4.63. The lowest BCUT2D eigenvalue weighted by molar-refractivity contribution is 0.589. The summed E-state index contributed by atoms with van der Waals surface area (Å²) in [5, 5.41) is 13.4. The molecule has 27 heavy (non-hydrogen) atoms. The quantitative estimate of drug-likeness (QED) is 0.429. The summed E-state index contributed by atoms with van der Waals surface area (Å²) in [5.41, 5.74) is 10.7. The van der Waals surface area contributed by atoms with Gasteiger partial charge in [-0.15, -0.1) is 10.2 Å². The second-order valence-electron chi connectivity index (χ2n) is 7.92. The first-order valence-corrected chi connectivity index (χ1v) is 9.14. The molecule has 0 radical (unpaired) electrons. The minimum absolute atomic E-state index is 0.154. The van der Waals surface area contributed by atoms with Gasteiger partial charge in [-0.1, -0.05) is 45.0 Å². The highest BCUT2D eigenvalue weighted by atomic mass is 15.3. The molecule has 0 saturated heterocycles. The van der Waals surface area contributed by atoms with Crippen molar-refractivity contribution in [3.8, 4) is 11.3 Å². The summed E-state index contributed by atoms with van der Waals surface area (Å²) in [5.74, 6) is 0.650. The van der Waals surface area contributed by atoms with Crippen LogP contribution in [0.1, 0.15) is 43.2 Å². The van der Waals surface area contributed by atoms with E-state index in [-0.39, 0.29) is 5.41 Å². The Labute approximate surface area is 159 Å². The summed E-state index contributed by atoms with van der Waals surface area (Å²) < 4.78 is 0. The standard InChI is InChI=1S/C22H23N5/c1-14-8-7-9-16-17(14)12-15-13-19(24-26-20(15)16)25-27-21(22(2,3)4)18-10-5-6-11-23-18/h5-11,13H,12H2,1-4H3,(H,24,25)/b27-21+. The Morgan fingerprint density at radius 2 is 1.93 bits per heavy atom. The van der Waals surface area contributed by atoms with Crippen LogP contribution in [-0.2, 0) is 6.42 Å². The zero-order chi connectivity index (χ0) is 19.0. The summed E-state index contributed by atoms with van der Waals surface area (Å²) >= 11 is 0. The molecular formula is C22H23N5. The average molecular weight is 357 g/mol. The van der Waals surface area contributed by atoms with Crippen LogP contribution in [0.4, 0.5) is 5.82 Å². The highest BCUT2D eigenvalue weighted by molar-refractivity contribution is 6.02. The molecular weight excluding hydrogens is 334 g/mol. The summed E-state index contributed by atoms with van der Waals surface area (Å²) in [4.78, 5) is 4.45. The number of anilines is 1. The normalized spacial score (nSPS) is 13.3. The summed E-state index contributed by atoms with van der Waals surface area (Å²) in [7, 11) is 0. The van der Waals surface area contributed by atoms with Crippen LogP contribution in [0, 0.1) is 12.3 Å². The smallest absolute Gasteiger partial charge is 0.169 e. The van der Waals surface area contributed by atoms with Crippen LogP contribution >= 0.6 is 0 Å². The third-order valence-corrected chi connectivity index (χ3v) is 4.81. The topological polar surface area (TPSA) is 63.1 Å². The number of benzene rings is 1. The van der Waals surface area contributed by atoms with Crippen molar-refractivity contribution in [3.05, 3.63) is 71.0 Å². The van der Waals surface area contributed by atoms with Crippen LogP contribution < -0.4 is 5.43 Å². The van der Waals surface area contributed by atoms with Gasteiger partial charge in [-0.2, -0.15) is 5.10 Å². The second kappa shape index (κ2) is 6.58. The fourth-order valence-corrected chi connectivity index (χ4v) is 3.42. The summed E-state index contributed by atoms with van der Waals surface area (Å²) in [6.07, 6.45) is 2.67. The van der Waals surface area contributed by atoms with E-state index in [2.05, 4.69) is 71.6 Å². The molecule has 2 heterocycles. The number of fused-ring (bicyclic) bond motifs is 3. The van der Waals surface area contributed by atoms with Crippen LogP contribution in [0.25, 0.3) is 11.3 Å². The van der Waals surface area contributed by atoms with E-state index in [1.165, 1.54) is 22.3 Å². The molecule has 1 aromatic carbocycles. The van der Waals surface area contributed by atoms with E-state index < -0.39 is 0 Å². The largest absolute Gasteiger partial charge is 0.260 e. The molecule has 1 N–H and O–H groups in total. The molecule has 0 aliphatic heterocycles. The van der Waals surface area contributed by atoms with E-state index in [1.807, 2.05) is 24.3 Å². The van der Waals surface area contributed by atoms with Crippen molar-refractivity contribution in [2.24, 2.45) is 10.5 Å². The van der Waals surface area contributed by atoms with E-state index in [4.69, 9.17) is 0 Å². The predicted octanol–water partition coefficient (Wildman–Crippen LogP) is 4.61. The first-order chi connectivity index (χ1) is 12.9. The molecule has 0 atom stereocenters. The molecule has 0 fully saturated rings. The van der Waals surface area contributed by atoms with Gasteiger partial charge in [0, 0.05) is 23.6 Å². The number of aryl methyl sites for hydroxylation is 1. The zero-order valence-corrected chi connectivity index (χ0v) is 16.1. The first-order valence-electron chi connectivity index (χ1n) is 9.14. The fourth-order valence-electron chi connectivity index (χ4n) is 3.42. The molecule has 3 aromatic rings. The number of aromatic nitrogens is 3. The Kier molecular flexibility index (Phi) is 4.22. The van der Waals surface area contributed by atoms with Gasteiger partial charge < -0.3 is 0 Å². The number of hydrazone groups is 1. The number of hydrogen-bond donors (Lipinski definition) is 1. The molecule has 4 rings (SSSR count). The second-order valence-corrected chi connectivity index (χ2v) is 7.92. The molecule has 1 aliphatic carbocycles. The van der Waals surface area contributed by atoms with Gasteiger partial charge in [0.25, 0.3) is 0 Å². The lowest BCUT2D eigenvalue weighted by atomic mass is 9.88. The van der Waals surface area contributed by atoms with Crippen LogP contribution in [0.3, 0.4) is 0 Å². The van der Waals surface area contributed by atoms with Crippen LogP contribution in [-0.4, -0.2) is 20.9 Å². The molecule has 0 amide bonds. The van der Waals surface area contributed by atoms with Crippen molar-refractivity contribution in [1.29, 1.82) is 0 Å². The van der Waals surface area contributed by atoms with Gasteiger partial charge >= 0.3 is 0 Å². The fraction of sp³-hybridized carbons (Fsp3) is 0.273. The van der Waals surface area contributed by atoms with Gasteiger partial charge in [0.2, 0.25) is 0 Å². The van der Waals surface area contributed by atoms with Crippen molar-refractivity contribution >= 4 is 11.5 Å². The number of hydrogen-bond acceptors (Lipinski definition) is 5. The maximum Gasteiger partial charge on any atom is 0.169 e. The number of nitrogens with one attached hydrogen (secondary N) is 1. The molecule has 0 spiro atoms. The SMILES string of the molecule is Cc1cccc2c1Cc1cc(N/N=C(\c3ccccn3)C(C)(C)C)nnc1-2. The van der Waals surface area contributed by atoms with Crippen molar-refractivity contribution in [1.82, 2.24) is 15.2 Å². The summed E-state index contributed by atoms with van der Waals surface area (Å²) in [6, 6.07) is 14.2. The Morgan fingerprint density at radius 3 is 2.67 bits per heavy atom. The van der Waals surface area contributed by atoms with Crippen molar-refractivity contribution in [2.45, 2.75) is 34.1 Å². The first kappa shape index (κ1) is 17.3. The number of rotatable bonds is 3. The minimum atomic E-state index is -0.154. The van der Waals surface area contributed by atoms with Gasteiger partial charge in [-0.25, -0.2) is 0 Å². The highest BCUT2D eigenvalue weighted by Gasteiger charge is 2.24. The van der Waals surface area contributed by atoms with E-state index in [9.17, 15) is 0 Å². The Balaban J connectivity index is 1.64. The van der Waals surface area contributed by atoms with Crippen LogP contribution in [0.15, 0.2) is 53.8 Å². The molecule has 5 nitrogen and oxygen atoms in total. The molecule has 5 heteroatoms. The van der Waals surface area contributed by atoms with E-state index in [0.29, 0.717) is 5.82 Å². The molecule has 2 aromatic heterocycles. The number of nitrogens with zero attached hydrogens (tertiary/aromatic N) is 4. The molecule has 0 saturated carbocycles. The van der Waals surface area contributed by atoms with Gasteiger partial charge in [0.05, 0.1) is 17.1 Å². The Hall–Kier alpha value is -3.08. The van der Waals surface area contributed by atoms with Gasteiger partial charge in [0.15, 0.2) is 5.82 Å². The molecule has 1 aliphatic rings. The maximum atomic E-state index is 4.63. The van der Waals surface area contributed by atoms with Crippen molar-refractivity contribution in [3.63, 3.8) is 0 Å². The van der Waals surface area contributed by atoms with E-state index >= 15 is 0 Å². The summed E-state index contributed by atoms with van der Waals surface area (Å²) in [6.45, 7) is 8.51. The van der Waals surface area contributed by atoms with Crippen LogP contribution in [0.2, 0.25) is 0 Å². The Bertz CT molecular complexity index is 1020. The highest BCUT2D eigenvalue weighted by Crippen LogP contribution is 2.36. The van der Waals surface area contributed by atoms with Crippen molar-refractivity contribution in [2.75, 3.05) is 5.43 Å². The monoisotopic (exact) mass is 357 g/mol. The van der Waals surface area contributed by atoms with Crippen molar-refractivity contribution < 1.29 is 0 Å². The Morgan fingerprint density at radius 1 is 1.07 bits per heavy atom. The predicted molar refractivity (Wildman–Crippen MR) is 109 cm³/mol. The molecule has 136 valence electrons. The van der Waals surface area contributed by atoms with E-state index in [1.54, 1.807) is 6.20 Å². The lowest BCUT2D eigenvalue weighted by Crippen LogP contribution is -2.24. The number of pyridine rings is 1. The van der Waals surface area contributed by atoms with Gasteiger partial charge in [0.1, 0.15) is 0 Å². The van der Waals surface area contributed by atoms with Gasteiger partial charge in [-0.05, 0) is 41.8 Å². The lowest BCUT2D eigenvalue weighted by Gasteiger charge is -2.20. The zero-order valence-electron chi connectivity index (χ0n) is 16.1. The average Bonchev–Trinajstić information content (AvgIpc) is 3.01. The third kappa shape index (κ3) is 3.33. The van der Waals surface area contributed by atoms with E-state index in [0.717, 1.165) is 23.5 Å². The third-order valence-electron chi connectivity index (χ3n) is 4.81. The molecule has 0 unspecified atom stereocenters. The molecule has 0 bridgehead atoms. The minimum Gasteiger partial charge on any atom is -0.260 e. The van der Waals surface area contributed by atoms with Gasteiger partial charge in [-0.3, -0.25) is 10.4 Å². The van der Waals surface area contributed by atoms with Crippen LogP contribution in [0.5, 0.6) is 0 Å².